The molecule has 0 bridgehead atoms. The quantitative estimate of drug-likeness (QED) is 0.769. The maximum absolute atomic E-state index is 11.5. The standard InChI is InChI=1S/C10H18N2O2S2/c1-3-9-4-6-15-10(9)8-12-16(13,14)7-5-11-2/h4,6,11-12H,3,5,7-8H2,1-2H3. The van der Waals surface area contributed by atoms with Crippen molar-refractivity contribution in [3.8, 4) is 0 Å². The molecular weight excluding hydrogens is 244 g/mol. The highest BCUT2D eigenvalue weighted by Gasteiger charge is 2.10. The molecule has 0 atom stereocenters. The summed E-state index contributed by atoms with van der Waals surface area (Å²) >= 11 is 1.60. The highest BCUT2D eigenvalue weighted by molar-refractivity contribution is 7.89. The fraction of sp³-hybridized carbons (Fsp3) is 0.600. The molecule has 92 valence electrons. The number of hydrogen-bond acceptors (Lipinski definition) is 4. The fourth-order valence-electron chi connectivity index (χ4n) is 1.32. The zero-order valence-electron chi connectivity index (χ0n) is 9.62. The van der Waals surface area contributed by atoms with E-state index < -0.39 is 10.0 Å². The van der Waals surface area contributed by atoms with Gasteiger partial charge in [-0.15, -0.1) is 11.3 Å². The molecule has 1 aromatic heterocycles. The summed E-state index contributed by atoms with van der Waals surface area (Å²) < 4.78 is 25.7. The van der Waals surface area contributed by atoms with Crippen LogP contribution in [0, 0.1) is 0 Å². The van der Waals surface area contributed by atoms with Crippen LogP contribution in [0.5, 0.6) is 0 Å². The molecule has 0 spiro atoms. The Morgan fingerprint density at radius 3 is 2.81 bits per heavy atom. The smallest absolute Gasteiger partial charge is 0.213 e. The first-order valence-corrected chi connectivity index (χ1v) is 7.79. The normalized spacial score (nSPS) is 11.9. The molecule has 0 saturated heterocycles. The van der Waals surface area contributed by atoms with Crippen LogP contribution in [-0.2, 0) is 23.0 Å². The van der Waals surface area contributed by atoms with Gasteiger partial charge in [-0.25, -0.2) is 13.1 Å². The van der Waals surface area contributed by atoms with Crippen LogP contribution in [0.3, 0.4) is 0 Å². The van der Waals surface area contributed by atoms with E-state index in [0.29, 0.717) is 13.1 Å². The van der Waals surface area contributed by atoms with Crippen molar-refractivity contribution in [1.82, 2.24) is 10.0 Å². The first kappa shape index (κ1) is 13.6. The van der Waals surface area contributed by atoms with Crippen molar-refractivity contribution in [3.05, 3.63) is 21.9 Å². The van der Waals surface area contributed by atoms with Crippen molar-refractivity contribution >= 4 is 21.4 Å². The molecule has 0 amide bonds. The van der Waals surface area contributed by atoms with E-state index in [1.807, 2.05) is 11.4 Å². The summed E-state index contributed by atoms with van der Waals surface area (Å²) in [4.78, 5) is 1.11. The van der Waals surface area contributed by atoms with Crippen molar-refractivity contribution < 1.29 is 8.42 Å². The van der Waals surface area contributed by atoms with Crippen molar-refractivity contribution in [3.63, 3.8) is 0 Å². The van der Waals surface area contributed by atoms with Gasteiger partial charge in [0.2, 0.25) is 10.0 Å². The summed E-state index contributed by atoms with van der Waals surface area (Å²) in [5.74, 6) is 0.121. The Hall–Kier alpha value is -0.430. The Labute approximate surface area is 101 Å². The van der Waals surface area contributed by atoms with Crippen LogP contribution in [0.1, 0.15) is 17.4 Å². The molecule has 1 aromatic rings. The molecule has 0 aromatic carbocycles. The van der Waals surface area contributed by atoms with Gasteiger partial charge in [-0.05, 0) is 30.5 Å². The SMILES string of the molecule is CCc1ccsc1CNS(=O)(=O)CCNC. The lowest BCUT2D eigenvalue weighted by Crippen LogP contribution is -2.30. The maximum Gasteiger partial charge on any atom is 0.213 e. The Bertz CT molecular complexity index is 412. The predicted molar refractivity (Wildman–Crippen MR) is 68.3 cm³/mol. The third-order valence-electron chi connectivity index (χ3n) is 2.29. The monoisotopic (exact) mass is 262 g/mol. The number of thiophene rings is 1. The van der Waals surface area contributed by atoms with Gasteiger partial charge in [-0.3, -0.25) is 0 Å². The van der Waals surface area contributed by atoms with Gasteiger partial charge < -0.3 is 5.32 Å². The van der Waals surface area contributed by atoms with Crippen LogP contribution in [-0.4, -0.2) is 27.8 Å². The lowest BCUT2D eigenvalue weighted by atomic mass is 10.2. The zero-order valence-corrected chi connectivity index (χ0v) is 11.2. The molecule has 2 N–H and O–H groups in total. The summed E-state index contributed by atoms with van der Waals surface area (Å²) in [6.07, 6.45) is 0.942. The van der Waals surface area contributed by atoms with Gasteiger partial charge in [-0.2, -0.15) is 0 Å². The minimum absolute atomic E-state index is 0.121. The third kappa shape index (κ3) is 4.21. The average molecular weight is 262 g/mol. The lowest BCUT2D eigenvalue weighted by molar-refractivity contribution is 0.579. The number of hydrogen-bond donors (Lipinski definition) is 2. The van der Waals surface area contributed by atoms with E-state index >= 15 is 0 Å². The van der Waals surface area contributed by atoms with Gasteiger partial charge in [-0.1, -0.05) is 6.92 Å². The molecule has 0 aliphatic carbocycles. The van der Waals surface area contributed by atoms with Crippen LogP contribution >= 0.6 is 11.3 Å². The van der Waals surface area contributed by atoms with Gasteiger partial charge in [0, 0.05) is 18.0 Å². The molecule has 16 heavy (non-hydrogen) atoms. The molecule has 6 heteroatoms. The number of sulfonamides is 1. The predicted octanol–water partition coefficient (Wildman–Crippen LogP) is 0.949. The van der Waals surface area contributed by atoms with Crippen molar-refractivity contribution in [2.45, 2.75) is 19.9 Å². The summed E-state index contributed by atoms with van der Waals surface area (Å²) in [5, 5.41) is 4.82. The highest BCUT2D eigenvalue weighted by atomic mass is 32.2. The molecule has 4 nitrogen and oxygen atoms in total. The number of aryl methyl sites for hydroxylation is 1. The Kier molecular flexibility index (Phi) is 5.40. The Morgan fingerprint density at radius 1 is 1.44 bits per heavy atom. The summed E-state index contributed by atoms with van der Waals surface area (Å²) in [6.45, 7) is 2.95. The van der Waals surface area contributed by atoms with Gasteiger partial charge in [0.15, 0.2) is 0 Å². The zero-order chi connectivity index (χ0) is 12.0. The van der Waals surface area contributed by atoms with Crippen LogP contribution in [0.25, 0.3) is 0 Å². The summed E-state index contributed by atoms with van der Waals surface area (Å²) in [7, 11) is -1.41. The van der Waals surface area contributed by atoms with E-state index in [-0.39, 0.29) is 5.75 Å². The fourth-order valence-corrected chi connectivity index (χ4v) is 3.31. The second kappa shape index (κ2) is 6.34. The molecule has 1 heterocycles. The first-order chi connectivity index (χ1) is 7.59. The Balaban J connectivity index is 2.51. The molecule has 0 fully saturated rings. The van der Waals surface area contributed by atoms with Crippen LogP contribution in [0.4, 0.5) is 0 Å². The summed E-state index contributed by atoms with van der Waals surface area (Å²) in [5.41, 5.74) is 1.22. The molecule has 1 rings (SSSR count). The molecule has 0 saturated carbocycles. The first-order valence-electron chi connectivity index (χ1n) is 5.26. The maximum atomic E-state index is 11.5. The van der Waals surface area contributed by atoms with E-state index in [2.05, 4.69) is 17.0 Å². The average Bonchev–Trinajstić information content (AvgIpc) is 2.71. The van der Waals surface area contributed by atoms with Gasteiger partial charge in [0.05, 0.1) is 5.75 Å². The van der Waals surface area contributed by atoms with Crippen molar-refractivity contribution in [2.75, 3.05) is 19.3 Å². The molecule has 0 unspecified atom stereocenters. The number of nitrogens with one attached hydrogen (secondary N) is 2. The topological polar surface area (TPSA) is 58.2 Å². The lowest BCUT2D eigenvalue weighted by Gasteiger charge is -2.06. The minimum atomic E-state index is -3.15. The van der Waals surface area contributed by atoms with Crippen molar-refractivity contribution in [1.29, 1.82) is 0 Å². The molecule has 0 radical (unpaired) electrons. The van der Waals surface area contributed by atoms with E-state index in [0.717, 1.165) is 11.3 Å². The molecule has 0 aliphatic heterocycles. The number of rotatable bonds is 7. The Morgan fingerprint density at radius 2 is 2.19 bits per heavy atom. The second-order valence-corrected chi connectivity index (χ2v) is 6.39. The van der Waals surface area contributed by atoms with Gasteiger partial charge in [0.25, 0.3) is 0 Å². The highest BCUT2D eigenvalue weighted by Crippen LogP contribution is 2.17. The largest absolute Gasteiger partial charge is 0.319 e. The van der Waals surface area contributed by atoms with E-state index in [9.17, 15) is 8.42 Å². The van der Waals surface area contributed by atoms with E-state index in [1.165, 1.54) is 5.56 Å². The molecular formula is C10H18N2O2S2. The van der Waals surface area contributed by atoms with Gasteiger partial charge >= 0.3 is 0 Å². The van der Waals surface area contributed by atoms with Crippen LogP contribution in [0.2, 0.25) is 0 Å². The van der Waals surface area contributed by atoms with Crippen LogP contribution < -0.4 is 10.0 Å². The van der Waals surface area contributed by atoms with Crippen LogP contribution in [0.15, 0.2) is 11.4 Å². The van der Waals surface area contributed by atoms with Crippen molar-refractivity contribution in [2.24, 2.45) is 0 Å². The summed E-state index contributed by atoms with van der Waals surface area (Å²) in [6, 6.07) is 2.04. The van der Waals surface area contributed by atoms with E-state index in [1.54, 1.807) is 18.4 Å². The third-order valence-corrected chi connectivity index (χ3v) is 4.58. The van der Waals surface area contributed by atoms with E-state index in [4.69, 9.17) is 0 Å². The second-order valence-electron chi connectivity index (χ2n) is 3.47. The minimum Gasteiger partial charge on any atom is -0.319 e. The van der Waals surface area contributed by atoms with Gasteiger partial charge in [0.1, 0.15) is 0 Å². The molecule has 0 aliphatic rings.